The van der Waals surface area contributed by atoms with E-state index in [1.165, 1.54) is 6.07 Å². The normalized spacial score (nSPS) is 10.1. The number of aliphatic hydroxyl groups excluding tert-OH is 1. The lowest BCUT2D eigenvalue weighted by atomic mass is 10.2. The zero-order valence-electron chi connectivity index (χ0n) is 7.96. The Morgan fingerprint density at radius 1 is 1.40 bits per heavy atom. The van der Waals surface area contributed by atoms with Crippen molar-refractivity contribution in [2.75, 3.05) is 6.61 Å². The van der Waals surface area contributed by atoms with Crippen molar-refractivity contribution in [2.45, 2.75) is 13.0 Å². The van der Waals surface area contributed by atoms with Gasteiger partial charge in [-0.2, -0.15) is 0 Å². The average Bonchev–Trinajstić information content (AvgIpc) is 2.17. The van der Waals surface area contributed by atoms with Crippen molar-refractivity contribution in [3.8, 4) is 0 Å². The molecule has 0 saturated heterocycles. The third-order valence-electron chi connectivity index (χ3n) is 1.83. The summed E-state index contributed by atoms with van der Waals surface area (Å²) in [6.45, 7) is -0.261. The van der Waals surface area contributed by atoms with E-state index in [1.54, 1.807) is 0 Å². The molecule has 1 rings (SSSR count). The van der Waals surface area contributed by atoms with Crippen LogP contribution in [0.5, 0.6) is 0 Å². The predicted molar refractivity (Wildman–Crippen MR) is 49.9 cm³/mol. The molecule has 0 spiro atoms. The molecule has 3 nitrogen and oxygen atoms in total. The van der Waals surface area contributed by atoms with Crippen LogP contribution in [0.4, 0.5) is 8.78 Å². The first-order valence-electron chi connectivity index (χ1n) is 4.45. The average molecular weight is 215 g/mol. The van der Waals surface area contributed by atoms with Crippen LogP contribution in [0.25, 0.3) is 0 Å². The number of hydrogen-bond donors (Lipinski definition) is 2. The number of aliphatic hydroxyl groups is 1. The van der Waals surface area contributed by atoms with Crippen LogP contribution < -0.4 is 5.32 Å². The highest BCUT2D eigenvalue weighted by molar-refractivity contribution is 5.75. The standard InChI is InChI=1S/C10H11F2NO2/c11-8-2-1-7(9(12)5-8)6-13-10(15)3-4-14/h1-2,5,14H,3-4,6H2,(H,13,15). The van der Waals surface area contributed by atoms with Crippen LogP contribution in [0, 0.1) is 11.6 Å². The molecular weight excluding hydrogens is 204 g/mol. The Morgan fingerprint density at radius 2 is 2.13 bits per heavy atom. The van der Waals surface area contributed by atoms with Gasteiger partial charge in [0.15, 0.2) is 0 Å². The summed E-state index contributed by atoms with van der Waals surface area (Å²) < 4.78 is 25.6. The fraction of sp³-hybridized carbons (Fsp3) is 0.300. The molecule has 0 aliphatic heterocycles. The number of nitrogens with one attached hydrogen (secondary N) is 1. The highest BCUT2D eigenvalue weighted by Gasteiger charge is 2.05. The maximum absolute atomic E-state index is 13.0. The van der Waals surface area contributed by atoms with Crippen molar-refractivity contribution in [1.29, 1.82) is 0 Å². The van der Waals surface area contributed by atoms with Gasteiger partial charge in [0.05, 0.1) is 6.61 Å². The zero-order valence-corrected chi connectivity index (χ0v) is 7.96. The van der Waals surface area contributed by atoms with Crippen LogP contribution in [0.2, 0.25) is 0 Å². The van der Waals surface area contributed by atoms with Crippen molar-refractivity contribution in [3.63, 3.8) is 0 Å². The van der Waals surface area contributed by atoms with Gasteiger partial charge < -0.3 is 10.4 Å². The quantitative estimate of drug-likeness (QED) is 0.786. The van der Waals surface area contributed by atoms with E-state index < -0.39 is 11.6 Å². The number of hydrogen-bond acceptors (Lipinski definition) is 2. The van der Waals surface area contributed by atoms with Gasteiger partial charge in [-0.25, -0.2) is 8.78 Å². The van der Waals surface area contributed by atoms with Crippen LogP contribution in [0.15, 0.2) is 18.2 Å². The highest BCUT2D eigenvalue weighted by atomic mass is 19.1. The second-order valence-electron chi connectivity index (χ2n) is 2.99. The van der Waals surface area contributed by atoms with Gasteiger partial charge in [-0.3, -0.25) is 4.79 Å². The molecule has 0 heterocycles. The number of rotatable bonds is 4. The molecule has 0 fully saturated rings. The van der Waals surface area contributed by atoms with Gasteiger partial charge in [-0.1, -0.05) is 6.07 Å². The van der Waals surface area contributed by atoms with Crippen LogP contribution in [-0.2, 0) is 11.3 Å². The topological polar surface area (TPSA) is 49.3 Å². The number of carbonyl (C=O) groups excluding carboxylic acids is 1. The minimum absolute atomic E-state index is 0.00898. The van der Waals surface area contributed by atoms with Gasteiger partial charge in [0.25, 0.3) is 0 Å². The van der Waals surface area contributed by atoms with Crippen molar-refractivity contribution < 1.29 is 18.7 Å². The van der Waals surface area contributed by atoms with E-state index in [0.717, 1.165) is 12.1 Å². The summed E-state index contributed by atoms with van der Waals surface area (Å²) in [5.74, 6) is -1.72. The van der Waals surface area contributed by atoms with E-state index in [4.69, 9.17) is 5.11 Å². The summed E-state index contributed by atoms with van der Waals surface area (Å²) in [6, 6.07) is 3.15. The second-order valence-corrected chi connectivity index (χ2v) is 2.99. The number of amides is 1. The minimum atomic E-state index is -0.695. The lowest BCUT2D eigenvalue weighted by molar-refractivity contribution is -0.121. The van der Waals surface area contributed by atoms with Crippen molar-refractivity contribution in [2.24, 2.45) is 0 Å². The molecule has 0 bridgehead atoms. The van der Waals surface area contributed by atoms with E-state index in [0.29, 0.717) is 0 Å². The number of carbonyl (C=O) groups is 1. The molecule has 82 valence electrons. The summed E-state index contributed by atoms with van der Waals surface area (Å²) in [7, 11) is 0. The van der Waals surface area contributed by atoms with E-state index in [1.807, 2.05) is 0 Å². The lowest BCUT2D eigenvalue weighted by Crippen LogP contribution is -2.23. The van der Waals surface area contributed by atoms with E-state index in [-0.39, 0.29) is 31.0 Å². The Bertz CT molecular complexity index is 355. The van der Waals surface area contributed by atoms with Crippen LogP contribution in [-0.4, -0.2) is 17.6 Å². The van der Waals surface area contributed by atoms with Gasteiger partial charge in [-0.05, 0) is 6.07 Å². The first-order valence-corrected chi connectivity index (χ1v) is 4.45. The van der Waals surface area contributed by atoms with Crippen molar-refractivity contribution in [1.82, 2.24) is 5.32 Å². The molecule has 5 heteroatoms. The van der Waals surface area contributed by atoms with Crippen molar-refractivity contribution in [3.05, 3.63) is 35.4 Å². The zero-order chi connectivity index (χ0) is 11.3. The Kier molecular flexibility index (Phi) is 4.17. The Hall–Kier alpha value is -1.49. The molecule has 2 N–H and O–H groups in total. The van der Waals surface area contributed by atoms with E-state index in [2.05, 4.69) is 5.32 Å². The Balaban J connectivity index is 2.54. The molecule has 0 aromatic heterocycles. The van der Waals surface area contributed by atoms with Gasteiger partial charge >= 0.3 is 0 Å². The molecule has 1 aromatic rings. The van der Waals surface area contributed by atoms with Gasteiger partial charge in [0.2, 0.25) is 5.91 Å². The minimum Gasteiger partial charge on any atom is -0.396 e. The number of halogens is 2. The molecule has 0 unspecified atom stereocenters. The third-order valence-corrected chi connectivity index (χ3v) is 1.83. The van der Waals surface area contributed by atoms with Crippen LogP contribution in [0.3, 0.4) is 0 Å². The maximum atomic E-state index is 13.0. The van der Waals surface area contributed by atoms with Crippen LogP contribution >= 0.6 is 0 Å². The Morgan fingerprint density at radius 3 is 2.73 bits per heavy atom. The molecule has 1 amide bonds. The molecule has 0 atom stereocenters. The second kappa shape index (κ2) is 5.41. The Labute approximate surface area is 85.7 Å². The summed E-state index contributed by atoms with van der Waals surface area (Å²) in [6.07, 6.45) is -0.0250. The first kappa shape index (κ1) is 11.6. The summed E-state index contributed by atoms with van der Waals surface area (Å²) in [5.41, 5.74) is 0.211. The van der Waals surface area contributed by atoms with Crippen LogP contribution in [0.1, 0.15) is 12.0 Å². The summed E-state index contributed by atoms with van der Waals surface area (Å²) in [5, 5.41) is 10.8. The van der Waals surface area contributed by atoms with Gasteiger partial charge in [0, 0.05) is 24.6 Å². The molecule has 1 aromatic carbocycles. The largest absolute Gasteiger partial charge is 0.396 e. The maximum Gasteiger partial charge on any atom is 0.222 e. The smallest absolute Gasteiger partial charge is 0.222 e. The summed E-state index contributed by atoms with van der Waals surface area (Å²) >= 11 is 0. The molecule has 0 radical (unpaired) electrons. The lowest BCUT2D eigenvalue weighted by Gasteiger charge is -2.05. The first-order chi connectivity index (χ1) is 7.13. The monoisotopic (exact) mass is 215 g/mol. The fourth-order valence-corrected chi connectivity index (χ4v) is 1.05. The fourth-order valence-electron chi connectivity index (χ4n) is 1.05. The molecule has 15 heavy (non-hydrogen) atoms. The highest BCUT2D eigenvalue weighted by Crippen LogP contribution is 2.08. The van der Waals surface area contributed by atoms with E-state index in [9.17, 15) is 13.6 Å². The van der Waals surface area contributed by atoms with E-state index >= 15 is 0 Å². The number of benzene rings is 1. The van der Waals surface area contributed by atoms with Crippen molar-refractivity contribution >= 4 is 5.91 Å². The third kappa shape index (κ3) is 3.63. The molecular formula is C10H11F2NO2. The summed E-state index contributed by atoms with van der Waals surface area (Å²) in [4.78, 5) is 10.9. The predicted octanol–water partition coefficient (Wildman–Crippen LogP) is 0.963. The van der Waals surface area contributed by atoms with Gasteiger partial charge in [0.1, 0.15) is 11.6 Å². The molecule has 0 saturated carbocycles. The molecule has 0 aliphatic rings. The SMILES string of the molecule is O=C(CCO)NCc1ccc(F)cc1F. The van der Waals surface area contributed by atoms with Gasteiger partial charge in [-0.15, -0.1) is 0 Å². The molecule has 0 aliphatic carbocycles.